The van der Waals surface area contributed by atoms with Crippen molar-refractivity contribution in [3.8, 4) is 0 Å². The van der Waals surface area contributed by atoms with Crippen molar-refractivity contribution in [3.05, 3.63) is 12.3 Å². The predicted octanol–water partition coefficient (Wildman–Crippen LogP) is 1.05. The van der Waals surface area contributed by atoms with Crippen LogP contribution in [0.2, 0.25) is 0 Å². The van der Waals surface area contributed by atoms with E-state index in [2.05, 4.69) is 20.4 Å². The molecule has 0 aromatic carbocycles. The summed E-state index contributed by atoms with van der Waals surface area (Å²) >= 11 is 0. The first-order valence-corrected chi connectivity index (χ1v) is 4.59. The van der Waals surface area contributed by atoms with Crippen LogP contribution in [0.15, 0.2) is 22.2 Å². The molecule has 0 aliphatic carbocycles. The minimum atomic E-state index is 0.678. The molecule has 1 aliphatic rings. The van der Waals surface area contributed by atoms with Crippen LogP contribution in [-0.2, 0) is 7.05 Å². The molecule has 0 radical (unpaired) electrons. The Morgan fingerprint density at radius 3 is 3.00 bits per heavy atom. The zero-order chi connectivity index (χ0) is 9.97. The first kappa shape index (κ1) is 8.93. The molecule has 2 rings (SSSR count). The van der Waals surface area contributed by atoms with E-state index in [1.54, 1.807) is 10.9 Å². The molecule has 0 spiro atoms. The van der Waals surface area contributed by atoms with E-state index in [0.717, 1.165) is 24.5 Å². The third kappa shape index (κ3) is 1.81. The number of aryl methyl sites for hydroxylation is 1. The molecule has 0 unspecified atom stereocenters. The van der Waals surface area contributed by atoms with Crippen LogP contribution >= 0.6 is 0 Å². The van der Waals surface area contributed by atoms with E-state index >= 15 is 0 Å². The van der Waals surface area contributed by atoms with Gasteiger partial charge in [-0.15, -0.1) is 0 Å². The number of aromatic nitrogens is 2. The normalized spacial score (nSPS) is 16.1. The van der Waals surface area contributed by atoms with Crippen molar-refractivity contribution in [3.63, 3.8) is 0 Å². The van der Waals surface area contributed by atoms with Crippen LogP contribution < -0.4 is 5.32 Å². The molecule has 1 aromatic rings. The number of hydrogen-bond acceptors (Lipinski definition) is 4. The topological polar surface area (TPSA) is 54.6 Å². The summed E-state index contributed by atoms with van der Waals surface area (Å²) in [4.78, 5) is 8.59. The molecular formula is C9H13N5. The number of hydrogen-bond donors (Lipinski definition) is 1. The summed E-state index contributed by atoms with van der Waals surface area (Å²) in [6, 6.07) is 1.89. The lowest BCUT2D eigenvalue weighted by molar-refractivity contribution is 0.777. The van der Waals surface area contributed by atoms with E-state index in [4.69, 9.17) is 0 Å². The number of aliphatic imine (C=N–C) groups is 2. The zero-order valence-electron chi connectivity index (χ0n) is 8.36. The van der Waals surface area contributed by atoms with Crippen molar-refractivity contribution in [2.45, 2.75) is 13.3 Å². The van der Waals surface area contributed by atoms with Crippen molar-refractivity contribution >= 4 is 17.5 Å². The second-order valence-corrected chi connectivity index (χ2v) is 3.27. The summed E-state index contributed by atoms with van der Waals surface area (Å²) in [5, 5.41) is 7.17. The number of anilines is 1. The third-order valence-corrected chi connectivity index (χ3v) is 2.09. The van der Waals surface area contributed by atoms with Crippen LogP contribution in [0.4, 0.5) is 5.82 Å². The van der Waals surface area contributed by atoms with Crippen molar-refractivity contribution in [2.24, 2.45) is 17.0 Å². The summed E-state index contributed by atoms with van der Waals surface area (Å²) in [5.41, 5.74) is 1.12. The highest BCUT2D eigenvalue weighted by molar-refractivity contribution is 6.03. The maximum atomic E-state index is 4.31. The van der Waals surface area contributed by atoms with Crippen LogP contribution in [0.25, 0.3) is 0 Å². The Morgan fingerprint density at radius 1 is 1.50 bits per heavy atom. The third-order valence-electron chi connectivity index (χ3n) is 2.09. The maximum Gasteiger partial charge on any atom is 0.223 e. The van der Waals surface area contributed by atoms with Gasteiger partial charge in [0.05, 0.1) is 6.20 Å². The Kier molecular flexibility index (Phi) is 2.30. The molecule has 0 bridgehead atoms. The molecule has 1 aliphatic heterocycles. The highest BCUT2D eigenvalue weighted by Crippen LogP contribution is 2.06. The predicted molar refractivity (Wildman–Crippen MR) is 56.9 cm³/mol. The van der Waals surface area contributed by atoms with Gasteiger partial charge < -0.3 is 5.32 Å². The molecular weight excluding hydrogens is 178 g/mol. The quantitative estimate of drug-likeness (QED) is 0.721. The number of guanidine groups is 1. The maximum absolute atomic E-state index is 4.31. The largest absolute Gasteiger partial charge is 0.309 e. The molecule has 74 valence electrons. The van der Waals surface area contributed by atoms with Crippen molar-refractivity contribution < 1.29 is 0 Å². The molecule has 0 amide bonds. The zero-order valence-corrected chi connectivity index (χ0v) is 8.36. The molecule has 5 heteroatoms. The van der Waals surface area contributed by atoms with E-state index in [9.17, 15) is 0 Å². The van der Waals surface area contributed by atoms with Gasteiger partial charge in [0.15, 0.2) is 0 Å². The minimum absolute atomic E-state index is 0.678. The van der Waals surface area contributed by atoms with Gasteiger partial charge in [-0.3, -0.25) is 9.67 Å². The fourth-order valence-electron chi connectivity index (χ4n) is 1.27. The Morgan fingerprint density at radius 2 is 2.36 bits per heavy atom. The molecule has 0 saturated carbocycles. The average Bonchev–Trinajstić information content (AvgIpc) is 2.52. The van der Waals surface area contributed by atoms with Crippen molar-refractivity contribution in [1.82, 2.24) is 9.78 Å². The molecule has 0 fully saturated rings. The molecule has 2 heterocycles. The molecule has 5 nitrogen and oxygen atoms in total. The van der Waals surface area contributed by atoms with Gasteiger partial charge in [-0.1, -0.05) is 0 Å². The first-order valence-electron chi connectivity index (χ1n) is 4.59. The molecule has 0 atom stereocenters. The van der Waals surface area contributed by atoms with Gasteiger partial charge in [0.2, 0.25) is 5.96 Å². The van der Waals surface area contributed by atoms with Crippen LogP contribution in [0.5, 0.6) is 0 Å². The Balaban J connectivity index is 2.12. The smallest absolute Gasteiger partial charge is 0.223 e. The molecule has 0 saturated heterocycles. The number of rotatable bonds is 1. The molecule has 14 heavy (non-hydrogen) atoms. The van der Waals surface area contributed by atoms with Crippen molar-refractivity contribution in [1.29, 1.82) is 0 Å². The Bertz CT molecular complexity index is 388. The van der Waals surface area contributed by atoms with Gasteiger partial charge in [-0.05, 0) is 6.92 Å². The van der Waals surface area contributed by atoms with E-state index < -0.39 is 0 Å². The van der Waals surface area contributed by atoms with Gasteiger partial charge in [0.1, 0.15) is 5.82 Å². The van der Waals surface area contributed by atoms with Gasteiger partial charge >= 0.3 is 0 Å². The SMILES string of the molecule is CC1=NC(Nc2ccnn2C)=NCC1. The van der Waals surface area contributed by atoms with E-state index in [1.807, 2.05) is 20.0 Å². The summed E-state index contributed by atoms with van der Waals surface area (Å²) < 4.78 is 1.75. The van der Waals surface area contributed by atoms with Gasteiger partial charge in [-0.25, -0.2) is 4.99 Å². The van der Waals surface area contributed by atoms with Crippen LogP contribution in [0, 0.1) is 0 Å². The lowest BCUT2D eigenvalue weighted by atomic mass is 10.3. The summed E-state index contributed by atoms with van der Waals surface area (Å²) in [6.07, 6.45) is 2.69. The second kappa shape index (κ2) is 3.61. The fraction of sp³-hybridized carbons (Fsp3) is 0.444. The first-order chi connectivity index (χ1) is 6.75. The second-order valence-electron chi connectivity index (χ2n) is 3.27. The highest BCUT2D eigenvalue weighted by Gasteiger charge is 2.06. The van der Waals surface area contributed by atoms with E-state index in [-0.39, 0.29) is 0 Å². The monoisotopic (exact) mass is 191 g/mol. The van der Waals surface area contributed by atoms with Gasteiger partial charge in [-0.2, -0.15) is 5.10 Å². The fourth-order valence-corrected chi connectivity index (χ4v) is 1.27. The standard InChI is InChI=1S/C9H13N5/c1-7-3-5-10-9(12-7)13-8-4-6-11-14(8)2/h4,6H,3,5H2,1-2H3,(H,10,13). The highest BCUT2D eigenvalue weighted by atomic mass is 15.3. The lowest BCUT2D eigenvalue weighted by Crippen LogP contribution is -2.18. The van der Waals surface area contributed by atoms with Gasteiger partial charge in [0.25, 0.3) is 0 Å². The minimum Gasteiger partial charge on any atom is -0.309 e. The average molecular weight is 191 g/mol. The van der Waals surface area contributed by atoms with Crippen LogP contribution in [0.3, 0.4) is 0 Å². The molecule has 1 aromatic heterocycles. The summed E-state index contributed by atoms with van der Waals surface area (Å²) in [7, 11) is 1.88. The lowest BCUT2D eigenvalue weighted by Gasteiger charge is -2.10. The molecule has 1 N–H and O–H groups in total. The van der Waals surface area contributed by atoms with E-state index in [1.165, 1.54) is 0 Å². The Hall–Kier alpha value is -1.65. The van der Waals surface area contributed by atoms with Crippen molar-refractivity contribution in [2.75, 3.05) is 11.9 Å². The van der Waals surface area contributed by atoms with E-state index in [0.29, 0.717) is 5.96 Å². The number of nitrogens with zero attached hydrogens (tertiary/aromatic N) is 4. The van der Waals surface area contributed by atoms with Crippen LogP contribution in [-0.4, -0.2) is 28.0 Å². The summed E-state index contributed by atoms with van der Waals surface area (Å²) in [5.74, 6) is 1.58. The number of nitrogens with one attached hydrogen (secondary N) is 1. The van der Waals surface area contributed by atoms with Crippen LogP contribution in [0.1, 0.15) is 13.3 Å². The Labute approximate surface area is 82.6 Å². The summed E-state index contributed by atoms with van der Waals surface area (Å²) in [6.45, 7) is 2.83. The van der Waals surface area contributed by atoms with Gasteiger partial charge in [0, 0.05) is 31.8 Å².